The number of aromatic nitrogens is 1. The van der Waals surface area contributed by atoms with Crippen LogP contribution in [0.15, 0.2) is 72.8 Å². The molecule has 3 N–H and O–H groups in total. The maximum Gasteiger partial charge on any atom is 0.405 e. The molecule has 0 saturated carbocycles. The van der Waals surface area contributed by atoms with E-state index >= 15 is 0 Å². The number of hydrogen-bond donors (Lipinski definition) is 3. The van der Waals surface area contributed by atoms with Crippen molar-refractivity contribution in [1.29, 1.82) is 0 Å². The Labute approximate surface area is 175 Å². The van der Waals surface area contributed by atoms with Gasteiger partial charge in [0.25, 0.3) is 0 Å². The lowest BCUT2D eigenvalue weighted by atomic mass is 10.1. The molecule has 2 amide bonds. The third kappa shape index (κ3) is 6.31. The number of carboxylic acid groups (broad SMARTS) is 1. The van der Waals surface area contributed by atoms with E-state index in [1.165, 1.54) is 0 Å². The largest absolute Gasteiger partial charge is 0.465 e. The van der Waals surface area contributed by atoms with Gasteiger partial charge in [0.05, 0.1) is 5.69 Å². The lowest BCUT2D eigenvalue weighted by Crippen LogP contribution is -2.44. The Bertz CT molecular complexity index is 1050. The van der Waals surface area contributed by atoms with Crippen molar-refractivity contribution in [1.82, 2.24) is 10.3 Å². The van der Waals surface area contributed by atoms with Crippen LogP contribution in [0.2, 0.25) is 0 Å². The van der Waals surface area contributed by atoms with Gasteiger partial charge < -0.3 is 15.7 Å². The van der Waals surface area contributed by atoms with E-state index in [4.69, 9.17) is 5.11 Å². The number of rotatable bonds is 7. The number of benzene rings is 2. The molecule has 1 atom stereocenters. The minimum Gasteiger partial charge on any atom is -0.465 e. The van der Waals surface area contributed by atoms with Gasteiger partial charge in [0.1, 0.15) is 6.04 Å². The fourth-order valence-corrected chi connectivity index (χ4v) is 3.00. The van der Waals surface area contributed by atoms with Gasteiger partial charge >= 0.3 is 6.09 Å². The zero-order chi connectivity index (χ0) is 21.3. The fraction of sp³-hybridized carbons (Fsp3) is 0.125. The summed E-state index contributed by atoms with van der Waals surface area (Å²) >= 11 is 0. The predicted octanol–water partition coefficient (Wildman–Crippen LogP) is 4.38. The Morgan fingerprint density at radius 2 is 1.77 bits per heavy atom. The van der Waals surface area contributed by atoms with Crippen LogP contribution in [0.1, 0.15) is 22.5 Å². The molecular formula is C24H23N3O3. The maximum absolute atomic E-state index is 12.7. The summed E-state index contributed by atoms with van der Waals surface area (Å²) in [5.74, 6) is -0.414. The first-order valence-corrected chi connectivity index (χ1v) is 9.55. The molecule has 0 bridgehead atoms. The topological polar surface area (TPSA) is 91.3 Å². The van der Waals surface area contributed by atoms with Gasteiger partial charge in [-0.05, 0) is 48.4 Å². The minimum atomic E-state index is -1.24. The third-order valence-electron chi connectivity index (χ3n) is 4.41. The van der Waals surface area contributed by atoms with Gasteiger partial charge in [0.15, 0.2) is 0 Å². The number of nitrogens with zero attached hydrogens (tertiary/aromatic N) is 1. The van der Waals surface area contributed by atoms with Crippen molar-refractivity contribution in [2.24, 2.45) is 0 Å². The highest BCUT2D eigenvalue weighted by molar-refractivity contribution is 5.97. The Kier molecular flexibility index (Phi) is 6.95. The number of amides is 2. The number of pyridine rings is 1. The molecule has 6 heteroatoms. The number of hydrogen-bond acceptors (Lipinski definition) is 3. The molecule has 2 aromatic carbocycles. The molecule has 1 aromatic heterocycles. The second-order valence-electron chi connectivity index (χ2n) is 6.84. The molecule has 0 aliphatic rings. The van der Waals surface area contributed by atoms with Crippen molar-refractivity contribution >= 4 is 29.8 Å². The molecule has 6 nitrogen and oxygen atoms in total. The van der Waals surface area contributed by atoms with Crippen LogP contribution >= 0.6 is 0 Å². The molecule has 0 spiro atoms. The van der Waals surface area contributed by atoms with Crippen LogP contribution in [0.4, 0.5) is 10.5 Å². The summed E-state index contributed by atoms with van der Waals surface area (Å²) in [5.41, 5.74) is 4.13. The van der Waals surface area contributed by atoms with E-state index in [9.17, 15) is 9.59 Å². The van der Waals surface area contributed by atoms with Gasteiger partial charge in [-0.15, -0.1) is 0 Å². The Morgan fingerprint density at radius 3 is 2.50 bits per heavy atom. The fourth-order valence-electron chi connectivity index (χ4n) is 3.00. The number of carbonyl (C=O) groups is 2. The Balaban J connectivity index is 1.71. The van der Waals surface area contributed by atoms with E-state index in [0.29, 0.717) is 5.69 Å². The van der Waals surface area contributed by atoms with Crippen molar-refractivity contribution in [2.75, 3.05) is 5.32 Å². The van der Waals surface area contributed by atoms with Gasteiger partial charge in [0.2, 0.25) is 5.91 Å². The lowest BCUT2D eigenvalue weighted by molar-refractivity contribution is -0.118. The minimum absolute atomic E-state index is 0.262. The van der Waals surface area contributed by atoms with E-state index in [1.54, 1.807) is 6.07 Å². The summed E-state index contributed by atoms with van der Waals surface area (Å²) < 4.78 is 0. The smallest absolute Gasteiger partial charge is 0.405 e. The van der Waals surface area contributed by atoms with Crippen molar-refractivity contribution in [2.45, 2.75) is 19.4 Å². The first kappa shape index (κ1) is 20.8. The summed E-state index contributed by atoms with van der Waals surface area (Å²) in [6.07, 6.45) is 2.83. The zero-order valence-electron chi connectivity index (χ0n) is 16.6. The summed E-state index contributed by atoms with van der Waals surface area (Å²) in [6, 6.07) is 21.5. The van der Waals surface area contributed by atoms with Crippen molar-refractivity contribution in [3.8, 4) is 0 Å². The molecular weight excluding hydrogens is 378 g/mol. The molecule has 0 aliphatic carbocycles. The molecule has 3 rings (SSSR count). The standard InChI is InChI=1S/C24H23N3O3/c1-17-7-5-11-20(25-17)14-13-19-10-6-12-21(15-19)26-23(28)22(27-24(29)30)16-18-8-3-2-4-9-18/h2-15,22,27H,16H2,1H3,(H,26,28)(H,29,30). The van der Waals surface area contributed by atoms with Gasteiger partial charge in [-0.3, -0.25) is 9.78 Å². The second-order valence-corrected chi connectivity index (χ2v) is 6.84. The molecule has 0 saturated heterocycles. The Morgan fingerprint density at radius 1 is 1.00 bits per heavy atom. The zero-order valence-corrected chi connectivity index (χ0v) is 16.6. The highest BCUT2D eigenvalue weighted by Gasteiger charge is 2.21. The van der Waals surface area contributed by atoms with Crippen LogP contribution in [0.3, 0.4) is 0 Å². The van der Waals surface area contributed by atoms with Gasteiger partial charge in [0, 0.05) is 17.8 Å². The summed E-state index contributed by atoms with van der Waals surface area (Å²) in [4.78, 5) is 28.3. The van der Waals surface area contributed by atoms with Crippen molar-refractivity contribution in [3.05, 3.63) is 95.3 Å². The predicted molar refractivity (Wildman–Crippen MR) is 118 cm³/mol. The number of anilines is 1. The van der Waals surface area contributed by atoms with Crippen LogP contribution in [-0.4, -0.2) is 28.1 Å². The van der Waals surface area contributed by atoms with Crippen LogP contribution in [0.5, 0.6) is 0 Å². The van der Waals surface area contributed by atoms with Gasteiger partial charge in [-0.25, -0.2) is 4.79 Å². The quantitative estimate of drug-likeness (QED) is 0.548. The third-order valence-corrected chi connectivity index (χ3v) is 4.41. The molecule has 30 heavy (non-hydrogen) atoms. The molecule has 0 fully saturated rings. The normalized spacial score (nSPS) is 11.8. The van der Waals surface area contributed by atoms with Crippen LogP contribution < -0.4 is 10.6 Å². The monoisotopic (exact) mass is 401 g/mol. The molecule has 1 heterocycles. The lowest BCUT2D eigenvalue weighted by Gasteiger charge is -2.17. The SMILES string of the molecule is Cc1cccc(C=Cc2cccc(NC(=O)C(Cc3ccccc3)NC(=O)O)c2)n1. The Hall–Kier alpha value is -3.93. The van der Waals surface area contributed by atoms with Crippen LogP contribution in [0.25, 0.3) is 12.2 Å². The van der Waals surface area contributed by atoms with E-state index in [0.717, 1.165) is 22.5 Å². The highest BCUT2D eigenvalue weighted by atomic mass is 16.4. The summed E-state index contributed by atoms with van der Waals surface area (Å²) in [5, 5.41) is 14.2. The number of nitrogens with one attached hydrogen (secondary N) is 2. The molecule has 3 aromatic rings. The average Bonchev–Trinajstić information content (AvgIpc) is 2.72. The molecule has 0 aliphatic heterocycles. The first-order valence-electron chi connectivity index (χ1n) is 9.55. The van der Waals surface area contributed by atoms with Crippen molar-refractivity contribution in [3.63, 3.8) is 0 Å². The van der Waals surface area contributed by atoms with E-state index in [2.05, 4.69) is 15.6 Å². The van der Waals surface area contributed by atoms with Crippen molar-refractivity contribution < 1.29 is 14.7 Å². The molecule has 1 unspecified atom stereocenters. The summed E-state index contributed by atoms with van der Waals surface area (Å²) in [6.45, 7) is 1.94. The number of aryl methyl sites for hydroxylation is 1. The first-order chi connectivity index (χ1) is 14.5. The van der Waals surface area contributed by atoms with Crippen LogP contribution in [-0.2, 0) is 11.2 Å². The number of carbonyl (C=O) groups excluding carboxylic acids is 1. The summed E-state index contributed by atoms with van der Waals surface area (Å²) in [7, 11) is 0. The molecule has 0 radical (unpaired) electrons. The van der Waals surface area contributed by atoms with Gasteiger partial charge in [-0.2, -0.15) is 0 Å². The van der Waals surface area contributed by atoms with Crippen LogP contribution in [0, 0.1) is 6.92 Å². The van der Waals surface area contributed by atoms with Gasteiger partial charge in [-0.1, -0.05) is 54.6 Å². The van der Waals surface area contributed by atoms with E-state index < -0.39 is 18.0 Å². The molecule has 152 valence electrons. The average molecular weight is 401 g/mol. The van der Waals surface area contributed by atoms with E-state index in [-0.39, 0.29) is 6.42 Å². The van der Waals surface area contributed by atoms with E-state index in [1.807, 2.05) is 85.8 Å². The maximum atomic E-state index is 12.7. The second kappa shape index (κ2) is 10.0. The highest BCUT2D eigenvalue weighted by Crippen LogP contribution is 2.15.